The van der Waals surface area contributed by atoms with Crippen LogP contribution in [-0.4, -0.2) is 40.1 Å². The summed E-state index contributed by atoms with van der Waals surface area (Å²) in [5.41, 5.74) is -0.318. The lowest BCUT2D eigenvalue weighted by Gasteiger charge is -2.32. The second kappa shape index (κ2) is 6.47. The highest BCUT2D eigenvalue weighted by Gasteiger charge is 2.26. The van der Waals surface area contributed by atoms with Gasteiger partial charge in [-0.1, -0.05) is 13.8 Å². The topological polar surface area (TPSA) is 69.6 Å². The average molecular weight is 244 g/mol. The summed E-state index contributed by atoms with van der Waals surface area (Å²) < 4.78 is 0. The van der Waals surface area contributed by atoms with Gasteiger partial charge in [0.05, 0.1) is 0 Å². The zero-order chi connectivity index (χ0) is 13.6. The summed E-state index contributed by atoms with van der Waals surface area (Å²) >= 11 is 0. The Labute approximate surface area is 103 Å². The van der Waals surface area contributed by atoms with Gasteiger partial charge in [-0.2, -0.15) is 0 Å². The molecule has 0 aliphatic heterocycles. The largest absolute Gasteiger partial charge is 0.480 e. The zero-order valence-electron chi connectivity index (χ0n) is 11.4. The normalized spacial score (nSPS) is 13.0. The smallest absolute Gasteiger partial charge is 0.323 e. The van der Waals surface area contributed by atoms with Crippen LogP contribution in [0.25, 0.3) is 0 Å². The Morgan fingerprint density at radius 3 is 2.24 bits per heavy atom. The number of rotatable bonds is 6. The highest BCUT2D eigenvalue weighted by Crippen LogP contribution is 2.10. The third kappa shape index (κ3) is 5.56. The molecule has 0 aromatic heterocycles. The molecule has 0 fully saturated rings. The molecule has 100 valence electrons. The van der Waals surface area contributed by atoms with Crippen LogP contribution in [0.15, 0.2) is 0 Å². The number of hydrogen-bond donors (Lipinski definition) is 2. The SMILES string of the molecule is CCC(C)N(CC(=O)O)C(=O)NC(C)(C)CC. The van der Waals surface area contributed by atoms with Crippen LogP contribution in [0.2, 0.25) is 0 Å². The van der Waals surface area contributed by atoms with Crippen LogP contribution in [0.1, 0.15) is 47.5 Å². The Bertz CT molecular complexity index is 277. The summed E-state index contributed by atoms with van der Waals surface area (Å²) in [6.45, 7) is 9.33. The Morgan fingerprint density at radius 2 is 1.88 bits per heavy atom. The molecule has 0 heterocycles. The first-order valence-electron chi connectivity index (χ1n) is 6.04. The predicted octanol–water partition coefficient (Wildman–Crippen LogP) is 2.07. The molecule has 5 heteroatoms. The number of amides is 2. The van der Waals surface area contributed by atoms with Gasteiger partial charge in [0.15, 0.2) is 0 Å². The molecule has 17 heavy (non-hydrogen) atoms. The van der Waals surface area contributed by atoms with E-state index in [4.69, 9.17) is 5.11 Å². The summed E-state index contributed by atoms with van der Waals surface area (Å²) in [6.07, 6.45) is 1.52. The number of urea groups is 1. The van der Waals surface area contributed by atoms with E-state index in [1.54, 1.807) is 0 Å². The molecule has 0 aliphatic rings. The van der Waals surface area contributed by atoms with Crippen LogP contribution in [0, 0.1) is 0 Å². The van der Waals surface area contributed by atoms with Crippen LogP contribution >= 0.6 is 0 Å². The minimum absolute atomic E-state index is 0.0845. The maximum absolute atomic E-state index is 12.0. The standard InChI is InChI=1S/C12H24N2O3/c1-6-9(3)14(8-10(15)16)11(17)13-12(4,5)7-2/h9H,6-8H2,1-5H3,(H,13,17)(H,15,16). The van der Waals surface area contributed by atoms with E-state index in [1.165, 1.54) is 4.90 Å². The van der Waals surface area contributed by atoms with E-state index in [1.807, 2.05) is 34.6 Å². The second-order valence-corrected chi connectivity index (χ2v) is 4.95. The molecule has 0 bridgehead atoms. The summed E-state index contributed by atoms with van der Waals surface area (Å²) in [5, 5.41) is 11.7. The van der Waals surface area contributed by atoms with Crippen molar-refractivity contribution in [2.45, 2.75) is 59.0 Å². The molecule has 0 saturated carbocycles. The maximum Gasteiger partial charge on any atom is 0.323 e. The fourth-order valence-corrected chi connectivity index (χ4v) is 1.24. The second-order valence-electron chi connectivity index (χ2n) is 4.95. The first-order chi connectivity index (χ1) is 7.73. The number of carbonyl (C=O) groups is 2. The molecular formula is C12H24N2O3. The fourth-order valence-electron chi connectivity index (χ4n) is 1.24. The Hall–Kier alpha value is -1.26. The Morgan fingerprint density at radius 1 is 1.35 bits per heavy atom. The van der Waals surface area contributed by atoms with E-state index >= 15 is 0 Å². The minimum atomic E-state index is -0.991. The van der Waals surface area contributed by atoms with Crippen LogP contribution in [0.3, 0.4) is 0 Å². The zero-order valence-corrected chi connectivity index (χ0v) is 11.4. The van der Waals surface area contributed by atoms with Gasteiger partial charge in [0.25, 0.3) is 0 Å². The summed E-state index contributed by atoms with van der Waals surface area (Å²) in [5.74, 6) is -0.991. The molecule has 0 spiro atoms. The van der Waals surface area contributed by atoms with E-state index in [0.717, 1.165) is 12.8 Å². The van der Waals surface area contributed by atoms with Gasteiger partial charge >= 0.3 is 12.0 Å². The van der Waals surface area contributed by atoms with Gasteiger partial charge in [0, 0.05) is 11.6 Å². The Kier molecular flexibility index (Phi) is 5.99. The molecule has 0 rings (SSSR count). The van der Waals surface area contributed by atoms with Crippen molar-refractivity contribution in [3.05, 3.63) is 0 Å². The highest BCUT2D eigenvalue weighted by molar-refractivity contribution is 5.80. The van der Waals surface area contributed by atoms with Crippen molar-refractivity contribution in [1.29, 1.82) is 0 Å². The summed E-state index contributed by atoms with van der Waals surface area (Å²) in [6, 6.07) is -0.396. The summed E-state index contributed by atoms with van der Waals surface area (Å²) in [4.78, 5) is 24.1. The van der Waals surface area contributed by atoms with Crippen LogP contribution in [0.5, 0.6) is 0 Å². The molecule has 2 N–H and O–H groups in total. The van der Waals surface area contributed by atoms with Crippen LogP contribution in [0.4, 0.5) is 4.79 Å². The molecule has 0 aliphatic carbocycles. The van der Waals surface area contributed by atoms with E-state index in [-0.39, 0.29) is 24.2 Å². The molecule has 1 unspecified atom stereocenters. The first kappa shape index (κ1) is 15.7. The molecular weight excluding hydrogens is 220 g/mol. The maximum atomic E-state index is 12.0. The van der Waals surface area contributed by atoms with Gasteiger partial charge in [0.2, 0.25) is 0 Å². The molecule has 0 saturated heterocycles. The van der Waals surface area contributed by atoms with Crippen molar-refractivity contribution in [3.8, 4) is 0 Å². The molecule has 2 amide bonds. The monoisotopic (exact) mass is 244 g/mol. The van der Waals surface area contributed by atoms with E-state index in [2.05, 4.69) is 5.32 Å². The number of nitrogens with one attached hydrogen (secondary N) is 1. The molecule has 5 nitrogen and oxygen atoms in total. The van der Waals surface area contributed by atoms with Crippen molar-refractivity contribution in [2.75, 3.05) is 6.54 Å². The number of aliphatic carboxylic acids is 1. The number of hydrogen-bond acceptors (Lipinski definition) is 2. The fraction of sp³-hybridized carbons (Fsp3) is 0.833. The van der Waals surface area contributed by atoms with E-state index < -0.39 is 5.97 Å². The first-order valence-corrected chi connectivity index (χ1v) is 6.04. The van der Waals surface area contributed by atoms with Gasteiger partial charge in [-0.05, 0) is 33.6 Å². The van der Waals surface area contributed by atoms with Gasteiger partial charge in [-0.25, -0.2) is 4.79 Å². The Balaban J connectivity index is 4.69. The van der Waals surface area contributed by atoms with E-state index in [0.29, 0.717) is 0 Å². The molecule has 0 radical (unpaired) electrons. The van der Waals surface area contributed by atoms with Crippen molar-refractivity contribution in [1.82, 2.24) is 10.2 Å². The summed E-state index contributed by atoms with van der Waals surface area (Å²) in [7, 11) is 0. The number of carboxylic acid groups (broad SMARTS) is 1. The third-order valence-electron chi connectivity index (χ3n) is 3.02. The van der Waals surface area contributed by atoms with Crippen molar-refractivity contribution in [2.24, 2.45) is 0 Å². The lowest BCUT2D eigenvalue weighted by molar-refractivity contribution is -0.138. The van der Waals surface area contributed by atoms with Crippen molar-refractivity contribution in [3.63, 3.8) is 0 Å². The quantitative estimate of drug-likeness (QED) is 0.751. The number of carbonyl (C=O) groups excluding carboxylic acids is 1. The van der Waals surface area contributed by atoms with Crippen LogP contribution < -0.4 is 5.32 Å². The van der Waals surface area contributed by atoms with Crippen molar-refractivity contribution < 1.29 is 14.7 Å². The van der Waals surface area contributed by atoms with Gasteiger partial charge in [-0.15, -0.1) is 0 Å². The van der Waals surface area contributed by atoms with Gasteiger partial charge in [0.1, 0.15) is 6.54 Å². The van der Waals surface area contributed by atoms with Gasteiger partial charge in [-0.3, -0.25) is 4.79 Å². The molecule has 1 atom stereocenters. The van der Waals surface area contributed by atoms with Gasteiger partial charge < -0.3 is 15.3 Å². The third-order valence-corrected chi connectivity index (χ3v) is 3.02. The molecule has 0 aromatic rings. The minimum Gasteiger partial charge on any atom is -0.480 e. The number of carboxylic acids is 1. The lowest BCUT2D eigenvalue weighted by atomic mass is 10.0. The predicted molar refractivity (Wildman–Crippen MR) is 67.0 cm³/mol. The highest BCUT2D eigenvalue weighted by atomic mass is 16.4. The van der Waals surface area contributed by atoms with Crippen LogP contribution in [-0.2, 0) is 4.79 Å². The number of nitrogens with zero attached hydrogens (tertiary/aromatic N) is 1. The van der Waals surface area contributed by atoms with E-state index in [9.17, 15) is 9.59 Å². The lowest BCUT2D eigenvalue weighted by Crippen LogP contribution is -2.53. The molecule has 0 aromatic carbocycles. The average Bonchev–Trinajstić information content (AvgIpc) is 2.23. The van der Waals surface area contributed by atoms with Crippen molar-refractivity contribution >= 4 is 12.0 Å².